The number of H-pyrrole nitrogens is 1. The van der Waals surface area contributed by atoms with E-state index in [0.29, 0.717) is 46.5 Å². The van der Waals surface area contributed by atoms with Gasteiger partial charge in [0.1, 0.15) is 12.4 Å². The molecular formula is C30H27FN4O5. The Kier molecular flexibility index (Phi) is 7.35. The van der Waals surface area contributed by atoms with Crippen LogP contribution in [0.15, 0.2) is 60.8 Å². The summed E-state index contributed by atoms with van der Waals surface area (Å²) in [5.41, 5.74) is 9.09. The molecule has 3 aromatic carbocycles. The number of nitrogens with one attached hydrogen (secondary N) is 2. The van der Waals surface area contributed by atoms with Crippen molar-refractivity contribution in [2.24, 2.45) is 5.73 Å². The molecule has 5 aromatic rings. The summed E-state index contributed by atoms with van der Waals surface area (Å²) in [5.74, 6) is -1.72. The van der Waals surface area contributed by atoms with Gasteiger partial charge in [0.25, 0.3) is 5.91 Å². The van der Waals surface area contributed by atoms with Gasteiger partial charge in [0, 0.05) is 47.8 Å². The van der Waals surface area contributed by atoms with Crippen LogP contribution >= 0.6 is 0 Å². The van der Waals surface area contributed by atoms with E-state index in [0.717, 1.165) is 10.9 Å². The van der Waals surface area contributed by atoms with Crippen LogP contribution < -0.4 is 15.8 Å². The number of methoxy groups -OCH3 is 1. The molecule has 0 aliphatic heterocycles. The first-order chi connectivity index (χ1) is 19.3. The van der Waals surface area contributed by atoms with Crippen LogP contribution in [0.5, 0.6) is 5.75 Å². The van der Waals surface area contributed by atoms with Gasteiger partial charge >= 0.3 is 5.97 Å². The molecule has 5 N–H and O–H groups in total. The van der Waals surface area contributed by atoms with Gasteiger partial charge in [-0.25, -0.2) is 14.2 Å². The van der Waals surface area contributed by atoms with Crippen LogP contribution in [0, 0.1) is 12.7 Å². The Labute approximate surface area is 228 Å². The number of rotatable bonds is 10. The van der Waals surface area contributed by atoms with Crippen molar-refractivity contribution in [3.63, 3.8) is 0 Å². The normalized spacial score (nSPS) is 11.2. The van der Waals surface area contributed by atoms with Crippen molar-refractivity contribution >= 4 is 39.4 Å². The minimum absolute atomic E-state index is 0.0343. The monoisotopic (exact) mass is 542 g/mol. The number of pyridine rings is 1. The van der Waals surface area contributed by atoms with E-state index in [4.69, 9.17) is 15.2 Å². The molecule has 2 heterocycles. The highest BCUT2D eigenvalue weighted by molar-refractivity contribution is 6.19. The zero-order valence-corrected chi connectivity index (χ0v) is 21.9. The van der Waals surface area contributed by atoms with Crippen molar-refractivity contribution in [2.45, 2.75) is 13.5 Å². The van der Waals surface area contributed by atoms with Gasteiger partial charge in [0.2, 0.25) is 0 Å². The summed E-state index contributed by atoms with van der Waals surface area (Å²) in [5, 5.41) is 13.9. The van der Waals surface area contributed by atoms with Gasteiger partial charge in [-0.05, 0) is 36.8 Å². The quantitative estimate of drug-likeness (QED) is 0.176. The van der Waals surface area contributed by atoms with Crippen molar-refractivity contribution in [3.8, 4) is 16.9 Å². The van der Waals surface area contributed by atoms with Gasteiger partial charge in [-0.2, -0.15) is 0 Å². The first-order valence-corrected chi connectivity index (χ1v) is 12.5. The number of carboxylic acids is 1. The molecule has 204 valence electrons. The number of carbonyl (C=O) groups excluding carboxylic acids is 1. The van der Waals surface area contributed by atoms with Crippen LogP contribution in [0.4, 0.5) is 10.1 Å². The van der Waals surface area contributed by atoms with Gasteiger partial charge in [-0.3, -0.25) is 4.79 Å². The topological polar surface area (TPSA) is 140 Å². The number of carboxylic acid groups (broad SMARTS) is 1. The number of ether oxygens (including phenoxy) is 2. The molecule has 0 spiro atoms. The molecule has 0 aliphatic rings. The number of aromatic carboxylic acids is 1. The Hall–Kier alpha value is -4.96. The van der Waals surface area contributed by atoms with Crippen LogP contribution in [0.1, 0.15) is 32.0 Å². The third-order valence-electron chi connectivity index (χ3n) is 6.64. The number of aryl methyl sites for hydroxylation is 1. The fourth-order valence-corrected chi connectivity index (χ4v) is 4.73. The zero-order chi connectivity index (χ0) is 28.4. The van der Waals surface area contributed by atoms with E-state index in [-0.39, 0.29) is 29.1 Å². The van der Waals surface area contributed by atoms with E-state index in [1.165, 1.54) is 6.20 Å². The second-order valence-corrected chi connectivity index (χ2v) is 9.29. The molecular weight excluding hydrogens is 515 g/mol. The predicted molar refractivity (Wildman–Crippen MR) is 150 cm³/mol. The highest BCUT2D eigenvalue weighted by Crippen LogP contribution is 2.38. The number of aromatic amines is 1. The summed E-state index contributed by atoms with van der Waals surface area (Å²) in [6.07, 6.45) is 1.43. The number of primary amides is 1. The summed E-state index contributed by atoms with van der Waals surface area (Å²) < 4.78 is 26.7. The minimum atomic E-state index is -1.05. The lowest BCUT2D eigenvalue weighted by Gasteiger charge is -2.14. The number of hydrogen-bond donors (Lipinski definition) is 4. The number of fused-ring (bicyclic) bond motifs is 3. The van der Waals surface area contributed by atoms with Crippen molar-refractivity contribution < 1.29 is 28.6 Å². The number of nitrogens with two attached hydrogens (primary N) is 1. The number of amides is 1. The maximum atomic E-state index is 16.0. The highest BCUT2D eigenvalue weighted by atomic mass is 19.1. The number of carbonyl (C=O) groups is 2. The van der Waals surface area contributed by atoms with Crippen molar-refractivity contribution in [2.75, 3.05) is 25.6 Å². The highest BCUT2D eigenvalue weighted by Gasteiger charge is 2.21. The molecule has 10 heteroatoms. The number of aromatic nitrogens is 2. The van der Waals surface area contributed by atoms with Crippen LogP contribution in [0.2, 0.25) is 0 Å². The molecule has 0 fully saturated rings. The van der Waals surface area contributed by atoms with Crippen LogP contribution in [-0.4, -0.2) is 47.3 Å². The second-order valence-electron chi connectivity index (χ2n) is 9.29. The van der Waals surface area contributed by atoms with Gasteiger partial charge in [0.15, 0.2) is 11.5 Å². The Balaban J connectivity index is 1.57. The van der Waals surface area contributed by atoms with Crippen LogP contribution in [-0.2, 0) is 11.3 Å². The second kappa shape index (κ2) is 11.0. The molecule has 0 saturated heterocycles. The molecule has 0 unspecified atom stereocenters. The molecule has 0 atom stereocenters. The summed E-state index contributed by atoms with van der Waals surface area (Å²) >= 11 is 0. The molecule has 0 radical (unpaired) electrons. The lowest BCUT2D eigenvalue weighted by atomic mass is 9.99. The zero-order valence-electron chi connectivity index (χ0n) is 21.9. The standard InChI is InChI=1S/C30H27FN4O5/c1-16-6-7-17(21(12-16)30(37)38)14-33-23-5-3-4-19(26(23)31)22-15-34-28(29(32)36)27-25(22)20-9-8-18(13-24(20)35-27)40-11-10-39-2/h3-9,12-13,15,33,35H,10-11,14H2,1-2H3,(H2,32,36)(H,37,38). The predicted octanol–water partition coefficient (Wildman–Crippen LogP) is 5.27. The van der Waals surface area contributed by atoms with Gasteiger partial charge in [-0.15, -0.1) is 0 Å². The van der Waals surface area contributed by atoms with E-state index in [1.54, 1.807) is 49.6 Å². The first-order valence-electron chi connectivity index (χ1n) is 12.5. The fourth-order valence-electron chi connectivity index (χ4n) is 4.73. The van der Waals surface area contributed by atoms with E-state index >= 15 is 4.39 Å². The Morgan fingerprint density at radius 3 is 2.67 bits per heavy atom. The Morgan fingerprint density at radius 2 is 1.93 bits per heavy atom. The largest absolute Gasteiger partial charge is 0.491 e. The van der Waals surface area contributed by atoms with Gasteiger partial charge < -0.3 is 30.6 Å². The number of hydrogen-bond acceptors (Lipinski definition) is 6. The average Bonchev–Trinajstić information content (AvgIpc) is 3.31. The Bertz CT molecular complexity index is 1760. The van der Waals surface area contributed by atoms with E-state index in [9.17, 15) is 14.7 Å². The minimum Gasteiger partial charge on any atom is -0.491 e. The summed E-state index contributed by atoms with van der Waals surface area (Å²) in [6.45, 7) is 2.71. The number of nitrogens with zero attached hydrogens (tertiary/aromatic N) is 1. The fraction of sp³-hybridized carbons (Fsp3) is 0.167. The maximum Gasteiger partial charge on any atom is 0.336 e. The summed E-state index contributed by atoms with van der Waals surface area (Å²) in [7, 11) is 1.59. The number of halogens is 1. The SMILES string of the molecule is COCCOc1ccc2c(c1)[nH]c1c(C(N)=O)ncc(-c3cccc(NCc4ccc(C)cc4C(=O)O)c3F)c12. The first kappa shape index (κ1) is 26.6. The molecule has 0 aliphatic carbocycles. The lowest BCUT2D eigenvalue weighted by molar-refractivity contribution is 0.0695. The van der Waals surface area contributed by atoms with E-state index in [1.807, 2.05) is 19.1 Å². The van der Waals surface area contributed by atoms with Crippen molar-refractivity contribution in [1.82, 2.24) is 9.97 Å². The molecule has 0 saturated carbocycles. The van der Waals surface area contributed by atoms with E-state index in [2.05, 4.69) is 15.3 Å². The molecule has 5 rings (SSSR count). The Morgan fingerprint density at radius 1 is 1.10 bits per heavy atom. The third kappa shape index (κ3) is 5.04. The summed E-state index contributed by atoms with van der Waals surface area (Å²) in [6, 6.07) is 15.4. The maximum absolute atomic E-state index is 16.0. The number of anilines is 1. The smallest absolute Gasteiger partial charge is 0.336 e. The molecule has 40 heavy (non-hydrogen) atoms. The average molecular weight is 543 g/mol. The van der Waals surface area contributed by atoms with Gasteiger partial charge in [0.05, 0.1) is 28.9 Å². The van der Waals surface area contributed by atoms with Crippen molar-refractivity contribution in [1.29, 1.82) is 0 Å². The van der Waals surface area contributed by atoms with Crippen LogP contribution in [0.25, 0.3) is 32.9 Å². The van der Waals surface area contributed by atoms with Gasteiger partial charge in [-0.1, -0.05) is 29.8 Å². The van der Waals surface area contributed by atoms with Crippen molar-refractivity contribution in [3.05, 3.63) is 89.0 Å². The van der Waals surface area contributed by atoms with E-state index < -0.39 is 17.7 Å². The molecule has 2 aromatic heterocycles. The molecule has 0 bridgehead atoms. The third-order valence-corrected chi connectivity index (χ3v) is 6.64. The lowest BCUT2D eigenvalue weighted by Crippen LogP contribution is -2.13. The van der Waals surface area contributed by atoms with Crippen LogP contribution in [0.3, 0.4) is 0 Å². The molecule has 1 amide bonds. The number of benzene rings is 3. The summed E-state index contributed by atoms with van der Waals surface area (Å²) in [4.78, 5) is 31.4. The molecule has 9 nitrogen and oxygen atoms in total.